The Morgan fingerprint density at radius 2 is 1.92 bits per heavy atom. The van der Waals surface area contributed by atoms with Gasteiger partial charge in [0.2, 0.25) is 0 Å². The van der Waals surface area contributed by atoms with E-state index in [1.807, 2.05) is 30.0 Å². The van der Waals surface area contributed by atoms with Crippen molar-refractivity contribution in [1.29, 1.82) is 0 Å². The Kier molecular flexibility index (Phi) is 4.24. The average Bonchev–Trinajstić information content (AvgIpc) is 3.16. The zero-order valence-electron chi connectivity index (χ0n) is 15.5. The van der Waals surface area contributed by atoms with E-state index in [-0.39, 0.29) is 5.60 Å². The van der Waals surface area contributed by atoms with E-state index in [4.69, 9.17) is 4.74 Å². The summed E-state index contributed by atoms with van der Waals surface area (Å²) in [6, 6.07) is 10.6. The molecule has 1 aliphatic heterocycles. The topological polar surface area (TPSA) is 52.0 Å². The Morgan fingerprint density at radius 1 is 1.12 bits per heavy atom. The summed E-state index contributed by atoms with van der Waals surface area (Å²) in [7, 11) is 0. The molecule has 0 aliphatic carbocycles. The second kappa shape index (κ2) is 6.57. The highest BCUT2D eigenvalue weighted by atomic mass is 16.5. The van der Waals surface area contributed by atoms with Crippen molar-refractivity contribution in [2.24, 2.45) is 0 Å². The van der Waals surface area contributed by atoms with Gasteiger partial charge in [0.15, 0.2) is 0 Å². The van der Waals surface area contributed by atoms with Crippen LogP contribution in [0.25, 0.3) is 5.82 Å². The van der Waals surface area contributed by atoms with Gasteiger partial charge in [0.1, 0.15) is 23.0 Å². The molecule has 0 fully saturated rings. The third-order valence-electron chi connectivity index (χ3n) is 4.67. The summed E-state index contributed by atoms with van der Waals surface area (Å²) >= 11 is 0. The van der Waals surface area contributed by atoms with E-state index in [1.54, 1.807) is 6.20 Å². The zero-order valence-corrected chi connectivity index (χ0v) is 15.5. The molecule has 26 heavy (non-hydrogen) atoms. The lowest BCUT2D eigenvalue weighted by Gasteiger charge is -2.16. The predicted octanol–water partition coefficient (Wildman–Crippen LogP) is 3.58. The van der Waals surface area contributed by atoms with Gasteiger partial charge in [-0.25, -0.2) is 9.97 Å². The molecule has 0 saturated heterocycles. The van der Waals surface area contributed by atoms with E-state index in [0.29, 0.717) is 0 Å². The Balaban J connectivity index is 1.35. The van der Waals surface area contributed by atoms with Crippen LogP contribution in [-0.2, 0) is 19.5 Å². The molecule has 0 amide bonds. The van der Waals surface area contributed by atoms with Crippen LogP contribution in [0.4, 0.5) is 0 Å². The smallest absolute Gasteiger partial charge is 0.137 e. The molecule has 4 rings (SSSR count). The lowest BCUT2D eigenvalue weighted by molar-refractivity contribution is 0.138. The first-order valence-corrected chi connectivity index (χ1v) is 8.97. The van der Waals surface area contributed by atoms with Crippen molar-refractivity contribution in [3.8, 4) is 11.6 Å². The number of nitrogens with one attached hydrogen (secondary N) is 1. The Hall–Kier alpha value is -2.66. The summed E-state index contributed by atoms with van der Waals surface area (Å²) in [6.07, 6.45) is 6.60. The summed E-state index contributed by atoms with van der Waals surface area (Å²) < 4.78 is 7.92. The van der Waals surface area contributed by atoms with Crippen LogP contribution in [0.2, 0.25) is 0 Å². The molecule has 1 aliphatic rings. The molecule has 3 aromatic rings. The van der Waals surface area contributed by atoms with Crippen LogP contribution < -0.4 is 10.1 Å². The van der Waals surface area contributed by atoms with Crippen LogP contribution in [0.1, 0.15) is 36.4 Å². The quantitative estimate of drug-likeness (QED) is 0.766. The van der Waals surface area contributed by atoms with E-state index < -0.39 is 0 Å². The monoisotopic (exact) mass is 348 g/mol. The number of rotatable bonds is 5. The number of aromatic nitrogens is 3. The van der Waals surface area contributed by atoms with Crippen molar-refractivity contribution in [3.63, 3.8) is 0 Å². The molecule has 0 radical (unpaired) electrons. The van der Waals surface area contributed by atoms with Gasteiger partial charge >= 0.3 is 0 Å². The fourth-order valence-electron chi connectivity index (χ4n) is 3.41. The first kappa shape index (κ1) is 16.8. The summed E-state index contributed by atoms with van der Waals surface area (Å²) in [6.45, 7) is 7.85. The van der Waals surface area contributed by atoms with Gasteiger partial charge in [0.25, 0.3) is 0 Å². The largest absolute Gasteiger partial charge is 0.487 e. The number of ether oxygens (including phenoxy) is 1. The molecular formula is C21H24N4O. The number of nitrogens with zero attached hydrogens (tertiary/aromatic N) is 3. The van der Waals surface area contributed by atoms with Crippen LogP contribution in [-0.4, -0.2) is 20.1 Å². The fraction of sp³-hybridized carbons (Fsp3) is 0.333. The van der Waals surface area contributed by atoms with Crippen LogP contribution >= 0.6 is 0 Å². The minimum Gasteiger partial charge on any atom is -0.487 e. The second-order valence-electron chi connectivity index (χ2n) is 7.45. The molecule has 2 aromatic heterocycles. The minimum absolute atomic E-state index is 0.0879. The van der Waals surface area contributed by atoms with Gasteiger partial charge in [0.05, 0.1) is 0 Å². The summed E-state index contributed by atoms with van der Waals surface area (Å²) in [5, 5.41) is 3.50. The van der Waals surface area contributed by atoms with Crippen molar-refractivity contribution in [2.45, 2.75) is 45.9 Å². The van der Waals surface area contributed by atoms with Crippen LogP contribution in [0.5, 0.6) is 5.75 Å². The summed E-state index contributed by atoms with van der Waals surface area (Å²) in [5.74, 6) is 2.85. The first-order valence-electron chi connectivity index (χ1n) is 8.97. The maximum atomic E-state index is 5.94. The highest BCUT2D eigenvalue weighted by Crippen LogP contribution is 2.35. The van der Waals surface area contributed by atoms with Crippen LogP contribution in [0.3, 0.4) is 0 Å². The highest BCUT2D eigenvalue weighted by molar-refractivity contribution is 5.41. The van der Waals surface area contributed by atoms with Gasteiger partial charge in [-0.2, -0.15) is 0 Å². The second-order valence-corrected chi connectivity index (χ2v) is 7.45. The Bertz CT molecular complexity index is 912. The van der Waals surface area contributed by atoms with Gasteiger partial charge in [-0.1, -0.05) is 18.2 Å². The van der Waals surface area contributed by atoms with E-state index >= 15 is 0 Å². The molecule has 1 aromatic carbocycles. The summed E-state index contributed by atoms with van der Waals surface area (Å²) in [4.78, 5) is 8.77. The molecule has 5 heteroatoms. The van der Waals surface area contributed by atoms with Crippen molar-refractivity contribution < 1.29 is 4.74 Å². The molecule has 3 heterocycles. The first-order chi connectivity index (χ1) is 12.5. The van der Waals surface area contributed by atoms with E-state index in [9.17, 15) is 0 Å². The van der Waals surface area contributed by atoms with Crippen LogP contribution in [0, 0.1) is 6.92 Å². The molecule has 0 atom stereocenters. The number of hydrogen-bond donors (Lipinski definition) is 1. The van der Waals surface area contributed by atoms with Crippen molar-refractivity contribution in [3.05, 3.63) is 71.4 Å². The SMILES string of the molecule is Cc1nccn1-c1ccc(CNCc2ccc3c(c2)CC(C)(C)O3)cn1. The zero-order chi connectivity index (χ0) is 18.1. The lowest BCUT2D eigenvalue weighted by atomic mass is 10.0. The lowest BCUT2D eigenvalue weighted by Crippen LogP contribution is -2.24. The van der Waals surface area contributed by atoms with Gasteiger partial charge in [-0.05, 0) is 49.6 Å². The number of hydrogen-bond acceptors (Lipinski definition) is 4. The number of benzene rings is 1. The predicted molar refractivity (Wildman–Crippen MR) is 101 cm³/mol. The maximum absolute atomic E-state index is 5.94. The number of imidazole rings is 1. The van der Waals surface area contributed by atoms with Crippen LogP contribution in [0.15, 0.2) is 48.9 Å². The van der Waals surface area contributed by atoms with E-state index in [1.165, 1.54) is 11.1 Å². The normalized spacial score (nSPS) is 14.9. The minimum atomic E-state index is -0.0879. The molecule has 0 bridgehead atoms. The van der Waals surface area contributed by atoms with Gasteiger partial charge in [0, 0.05) is 38.1 Å². The third-order valence-corrected chi connectivity index (χ3v) is 4.67. The molecule has 1 N–H and O–H groups in total. The fourth-order valence-corrected chi connectivity index (χ4v) is 3.41. The Labute approximate surface area is 154 Å². The molecule has 0 unspecified atom stereocenters. The molecule has 0 spiro atoms. The standard InChI is InChI=1S/C21H24N4O/c1-15-23-8-9-25(15)20-7-5-17(14-24-20)13-22-12-16-4-6-19-18(10-16)11-21(2,3)26-19/h4-10,14,22H,11-13H2,1-3H3. The third kappa shape index (κ3) is 3.48. The highest BCUT2D eigenvalue weighted by Gasteiger charge is 2.29. The van der Waals surface area contributed by atoms with Crippen molar-refractivity contribution in [2.75, 3.05) is 0 Å². The van der Waals surface area contributed by atoms with Gasteiger partial charge in [-0.15, -0.1) is 0 Å². The molecular weight excluding hydrogens is 324 g/mol. The summed E-state index contributed by atoms with van der Waals surface area (Å²) in [5.41, 5.74) is 3.66. The van der Waals surface area contributed by atoms with E-state index in [2.05, 4.69) is 53.4 Å². The van der Waals surface area contributed by atoms with E-state index in [0.717, 1.165) is 42.5 Å². The Morgan fingerprint density at radius 3 is 2.65 bits per heavy atom. The molecule has 0 saturated carbocycles. The average molecular weight is 348 g/mol. The van der Waals surface area contributed by atoms with Crippen molar-refractivity contribution >= 4 is 0 Å². The van der Waals surface area contributed by atoms with Gasteiger partial charge < -0.3 is 10.1 Å². The molecule has 134 valence electrons. The van der Waals surface area contributed by atoms with Crippen molar-refractivity contribution in [1.82, 2.24) is 19.9 Å². The maximum Gasteiger partial charge on any atom is 0.137 e. The number of aryl methyl sites for hydroxylation is 1. The number of pyridine rings is 1. The van der Waals surface area contributed by atoms with Gasteiger partial charge in [-0.3, -0.25) is 4.57 Å². The number of fused-ring (bicyclic) bond motifs is 1. The molecule has 5 nitrogen and oxygen atoms in total.